The standard InChI is InChI=1S/C17H23NO2S/c1-17(2,3)14-7-9-18(12-14)16(20)15-13(8-11-21-15)6-4-5-10-19/h8,11,14,19H,5,7,9-10,12H2,1-3H3. The Morgan fingerprint density at radius 1 is 1.52 bits per heavy atom. The second kappa shape index (κ2) is 6.64. The van der Waals surface area contributed by atoms with Gasteiger partial charge in [0.1, 0.15) is 4.88 Å². The van der Waals surface area contributed by atoms with Gasteiger partial charge in [-0.15, -0.1) is 11.3 Å². The topological polar surface area (TPSA) is 40.5 Å². The number of thiophene rings is 1. The Balaban J connectivity index is 2.09. The molecule has 1 aliphatic rings. The van der Waals surface area contributed by atoms with Gasteiger partial charge in [0.15, 0.2) is 0 Å². The summed E-state index contributed by atoms with van der Waals surface area (Å²) in [4.78, 5) is 15.3. The molecule has 4 heteroatoms. The van der Waals surface area contributed by atoms with Gasteiger partial charge in [0.25, 0.3) is 5.91 Å². The minimum Gasteiger partial charge on any atom is -0.395 e. The van der Waals surface area contributed by atoms with Crippen molar-refractivity contribution in [2.24, 2.45) is 11.3 Å². The van der Waals surface area contributed by atoms with Gasteiger partial charge in [0.05, 0.1) is 6.61 Å². The van der Waals surface area contributed by atoms with E-state index in [2.05, 4.69) is 32.6 Å². The van der Waals surface area contributed by atoms with Crippen LogP contribution in [0, 0.1) is 23.2 Å². The number of hydrogen-bond donors (Lipinski definition) is 1. The Hall–Kier alpha value is -1.31. The van der Waals surface area contributed by atoms with E-state index >= 15 is 0 Å². The van der Waals surface area contributed by atoms with Crippen molar-refractivity contribution in [3.63, 3.8) is 0 Å². The smallest absolute Gasteiger partial charge is 0.265 e. The highest BCUT2D eigenvalue weighted by Crippen LogP contribution is 2.34. The van der Waals surface area contributed by atoms with Gasteiger partial charge < -0.3 is 10.0 Å². The summed E-state index contributed by atoms with van der Waals surface area (Å²) in [6, 6.07) is 1.89. The van der Waals surface area contributed by atoms with Crippen molar-refractivity contribution in [1.82, 2.24) is 4.90 Å². The Labute approximate surface area is 131 Å². The van der Waals surface area contributed by atoms with Crippen molar-refractivity contribution in [3.05, 3.63) is 21.9 Å². The predicted octanol–water partition coefficient (Wildman–Crippen LogP) is 2.99. The van der Waals surface area contributed by atoms with Gasteiger partial charge in [-0.1, -0.05) is 32.6 Å². The van der Waals surface area contributed by atoms with E-state index in [1.165, 1.54) is 11.3 Å². The Morgan fingerprint density at radius 2 is 2.29 bits per heavy atom. The van der Waals surface area contributed by atoms with Gasteiger partial charge in [-0.2, -0.15) is 0 Å². The largest absolute Gasteiger partial charge is 0.395 e. The number of carbonyl (C=O) groups excluding carboxylic acids is 1. The minimum atomic E-state index is 0.0554. The third-order valence-corrected chi connectivity index (χ3v) is 4.92. The quantitative estimate of drug-likeness (QED) is 0.853. The highest BCUT2D eigenvalue weighted by Gasteiger charge is 2.34. The first-order valence-corrected chi connectivity index (χ1v) is 8.28. The molecule has 0 bridgehead atoms. The molecule has 1 aromatic heterocycles. The van der Waals surface area contributed by atoms with E-state index < -0.39 is 0 Å². The monoisotopic (exact) mass is 305 g/mol. The summed E-state index contributed by atoms with van der Waals surface area (Å²) in [6.07, 6.45) is 1.52. The van der Waals surface area contributed by atoms with Crippen LogP contribution < -0.4 is 0 Å². The van der Waals surface area contributed by atoms with Crippen LogP contribution >= 0.6 is 11.3 Å². The van der Waals surface area contributed by atoms with E-state index in [4.69, 9.17) is 5.11 Å². The lowest BCUT2D eigenvalue weighted by Crippen LogP contribution is -2.31. The molecule has 2 heterocycles. The number of likely N-dealkylation sites (tertiary alicyclic amines) is 1. The van der Waals surface area contributed by atoms with Gasteiger partial charge >= 0.3 is 0 Å². The molecule has 0 radical (unpaired) electrons. The summed E-state index contributed by atoms with van der Waals surface area (Å²) in [5.74, 6) is 6.55. The van der Waals surface area contributed by atoms with Crippen LogP contribution in [-0.2, 0) is 0 Å². The van der Waals surface area contributed by atoms with Crippen molar-refractivity contribution in [3.8, 4) is 11.8 Å². The maximum Gasteiger partial charge on any atom is 0.265 e. The molecule has 114 valence electrons. The van der Waals surface area contributed by atoms with Crippen LogP contribution in [0.15, 0.2) is 11.4 Å². The zero-order valence-electron chi connectivity index (χ0n) is 13.0. The fourth-order valence-corrected chi connectivity index (χ4v) is 3.40. The molecule has 1 atom stereocenters. The summed E-state index contributed by atoms with van der Waals surface area (Å²) < 4.78 is 0. The number of aliphatic hydroxyl groups is 1. The maximum atomic E-state index is 12.7. The van der Waals surface area contributed by atoms with Crippen LogP contribution in [0.25, 0.3) is 0 Å². The molecular weight excluding hydrogens is 282 g/mol. The molecule has 1 amide bonds. The van der Waals surface area contributed by atoms with Crippen molar-refractivity contribution in [1.29, 1.82) is 0 Å². The van der Waals surface area contributed by atoms with Crippen LogP contribution in [0.3, 0.4) is 0 Å². The third kappa shape index (κ3) is 3.87. The van der Waals surface area contributed by atoms with E-state index in [0.29, 0.717) is 12.3 Å². The third-order valence-electron chi connectivity index (χ3n) is 4.02. The van der Waals surface area contributed by atoms with E-state index in [1.54, 1.807) is 0 Å². The number of rotatable bonds is 2. The normalized spacial score (nSPS) is 18.5. The molecule has 1 aliphatic heterocycles. The summed E-state index contributed by atoms with van der Waals surface area (Å²) in [5, 5.41) is 10.7. The molecule has 0 aliphatic carbocycles. The highest BCUT2D eigenvalue weighted by atomic mass is 32.1. The average Bonchev–Trinajstić information content (AvgIpc) is 3.06. The molecule has 3 nitrogen and oxygen atoms in total. The fourth-order valence-electron chi connectivity index (χ4n) is 2.58. The second-order valence-electron chi connectivity index (χ2n) is 6.54. The molecule has 1 N–H and O–H groups in total. The summed E-state index contributed by atoms with van der Waals surface area (Å²) in [5.41, 5.74) is 1.03. The Morgan fingerprint density at radius 3 is 2.90 bits per heavy atom. The number of hydrogen-bond acceptors (Lipinski definition) is 3. The first kappa shape index (κ1) is 16.1. The first-order valence-electron chi connectivity index (χ1n) is 7.40. The van der Waals surface area contributed by atoms with Crippen LogP contribution in [-0.4, -0.2) is 35.6 Å². The van der Waals surface area contributed by atoms with Crippen molar-refractivity contribution in [2.45, 2.75) is 33.6 Å². The van der Waals surface area contributed by atoms with E-state index in [1.807, 2.05) is 16.3 Å². The van der Waals surface area contributed by atoms with E-state index in [9.17, 15) is 4.79 Å². The highest BCUT2D eigenvalue weighted by molar-refractivity contribution is 7.12. The first-order chi connectivity index (χ1) is 9.93. The lowest BCUT2D eigenvalue weighted by Gasteiger charge is -2.26. The van der Waals surface area contributed by atoms with Crippen molar-refractivity contribution < 1.29 is 9.90 Å². The SMILES string of the molecule is CC(C)(C)C1CCN(C(=O)c2sccc2C#CCCO)C1. The van der Waals surface area contributed by atoms with E-state index in [-0.39, 0.29) is 17.9 Å². The molecule has 1 saturated heterocycles. The van der Waals surface area contributed by atoms with Gasteiger partial charge in [-0.05, 0) is 29.2 Å². The maximum absolute atomic E-state index is 12.7. The van der Waals surface area contributed by atoms with E-state index in [0.717, 1.165) is 30.0 Å². The summed E-state index contributed by atoms with van der Waals surface area (Å²) in [7, 11) is 0. The van der Waals surface area contributed by atoms with Gasteiger partial charge in [-0.25, -0.2) is 0 Å². The van der Waals surface area contributed by atoms with Crippen molar-refractivity contribution >= 4 is 17.2 Å². The van der Waals surface area contributed by atoms with Crippen molar-refractivity contribution in [2.75, 3.05) is 19.7 Å². The molecular formula is C17H23NO2S. The molecule has 0 aromatic carbocycles. The molecule has 1 unspecified atom stereocenters. The number of amides is 1. The lowest BCUT2D eigenvalue weighted by molar-refractivity contribution is 0.0781. The summed E-state index contributed by atoms with van der Waals surface area (Å²) >= 11 is 1.46. The Kier molecular flexibility index (Phi) is 5.08. The molecule has 2 rings (SSSR count). The average molecular weight is 305 g/mol. The van der Waals surface area contributed by atoms with Crippen LogP contribution in [0.2, 0.25) is 0 Å². The minimum absolute atomic E-state index is 0.0554. The molecule has 0 spiro atoms. The molecule has 0 saturated carbocycles. The van der Waals surface area contributed by atoms with Crippen LogP contribution in [0.4, 0.5) is 0 Å². The number of aliphatic hydroxyl groups excluding tert-OH is 1. The number of carbonyl (C=O) groups is 1. The Bertz CT molecular complexity index is 559. The van der Waals surface area contributed by atoms with Crippen LogP contribution in [0.5, 0.6) is 0 Å². The summed E-state index contributed by atoms with van der Waals surface area (Å²) in [6.45, 7) is 8.44. The van der Waals surface area contributed by atoms with Gasteiger partial charge in [-0.3, -0.25) is 4.79 Å². The number of nitrogens with zero attached hydrogens (tertiary/aromatic N) is 1. The van der Waals surface area contributed by atoms with Crippen LogP contribution in [0.1, 0.15) is 48.8 Å². The zero-order chi connectivity index (χ0) is 15.5. The van der Waals surface area contributed by atoms with Gasteiger partial charge in [0.2, 0.25) is 0 Å². The lowest BCUT2D eigenvalue weighted by atomic mass is 9.80. The van der Waals surface area contributed by atoms with Gasteiger partial charge in [0, 0.05) is 25.1 Å². The molecule has 21 heavy (non-hydrogen) atoms. The molecule has 1 aromatic rings. The zero-order valence-corrected chi connectivity index (χ0v) is 13.8. The second-order valence-corrected chi connectivity index (χ2v) is 7.46. The predicted molar refractivity (Wildman–Crippen MR) is 86.4 cm³/mol. The molecule has 1 fully saturated rings. The fraction of sp³-hybridized carbons (Fsp3) is 0.588.